The van der Waals surface area contributed by atoms with Crippen LogP contribution in [0.15, 0.2) is 66.2 Å². The lowest BCUT2D eigenvalue weighted by Crippen LogP contribution is -2.29. The number of halogens is 1. The first-order chi connectivity index (χ1) is 17.1. The SMILES string of the molecule is Cc1cc(/C(O)=C2\C(=O)C(=O)N(c3ccc4c(c3)OCO4)C2c2ccc(C(C)(C)C)cc2)ccc1F. The summed E-state index contributed by atoms with van der Waals surface area (Å²) in [5, 5.41) is 11.3. The molecule has 1 unspecified atom stereocenters. The number of aliphatic hydroxyl groups is 1. The number of nitrogens with zero attached hydrogens (tertiary/aromatic N) is 1. The van der Waals surface area contributed by atoms with Gasteiger partial charge < -0.3 is 14.6 Å². The summed E-state index contributed by atoms with van der Waals surface area (Å²) in [5.74, 6) is -1.38. The minimum Gasteiger partial charge on any atom is -0.507 e. The van der Waals surface area contributed by atoms with Crippen molar-refractivity contribution in [1.82, 2.24) is 0 Å². The van der Waals surface area contributed by atoms with E-state index >= 15 is 0 Å². The van der Waals surface area contributed by atoms with Gasteiger partial charge in [0.15, 0.2) is 11.5 Å². The molecule has 1 fully saturated rings. The van der Waals surface area contributed by atoms with E-state index < -0.39 is 23.5 Å². The van der Waals surface area contributed by atoms with Crippen molar-refractivity contribution in [2.24, 2.45) is 0 Å². The van der Waals surface area contributed by atoms with Crippen molar-refractivity contribution in [3.63, 3.8) is 0 Å². The van der Waals surface area contributed by atoms with Crippen molar-refractivity contribution in [2.45, 2.75) is 39.2 Å². The second-order valence-electron chi connectivity index (χ2n) is 10.0. The Morgan fingerprint density at radius 1 is 0.972 bits per heavy atom. The number of fused-ring (bicyclic) bond motifs is 1. The highest BCUT2D eigenvalue weighted by Crippen LogP contribution is 2.45. The van der Waals surface area contributed by atoms with Gasteiger partial charge in [-0.2, -0.15) is 0 Å². The van der Waals surface area contributed by atoms with E-state index in [0.29, 0.717) is 28.3 Å². The molecule has 3 aromatic rings. The van der Waals surface area contributed by atoms with Gasteiger partial charge in [0.2, 0.25) is 6.79 Å². The molecule has 0 spiro atoms. The molecular weight excluding hydrogens is 461 g/mol. The molecule has 36 heavy (non-hydrogen) atoms. The van der Waals surface area contributed by atoms with Crippen molar-refractivity contribution in [3.05, 3.63) is 94.3 Å². The van der Waals surface area contributed by atoms with Gasteiger partial charge in [-0.3, -0.25) is 14.5 Å². The highest BCUT2D eigenvalue weighted by molar-refractivity contribution is 6.51. The number of carbonyl (C=O) groups is 2. The smallest absolute Gasteiger partial charge is 0.300 e. The fourth-order valence-corrected chi connectivity index (χ4v) is 4.56. The maximum atomic E-state index is 13.9. The number of aryl methyl sites for hydroxylation is 1. The molecule has 2 aliphatic rings. The van der Waals surface area contributed by atoms with Crippen LogP contribution in [0.3, 0.4) is 0 Å². The lowest BCUT2D eigenvalue weighted by Gasteiger charge is -2.26. The number of hydrogen-bond acceptors (Lipinski definition) is 5. The summed E-state index contributed by atoms with van der Waals surface area (Å²) >= 11 is 0. The van der Waals surface area contributed by atoms with Gasteiger partial charge in [-0.15, -0.1) is 0 Å². The van der Waals surface area contributed by atoms with E-state index in [1.54, 1.807) is 25.1 Å². The molecule has 0 radical (unpaired) electrons. The van der Waals surface area contributed by atoms with Gasteiger partial charge in [0.25, 0.3) is 11.7 Å². The summed E-state index contributed by atoms with van der Waals surface area (Å²) in [4.78, 5) is 28.1. The van der Waals surface area contributed by atoms with E-state index in [1.807, 2.05) is 24.3 Å². The highest BCUT2D eigenvalue weighted by Gasteiger charge is 2.47. The van der Waals surface area contributed by atoms with E-state index in [4.69, 9.17) is 9.47 Å². The van der Waals surface area contributed by atoms with E-state index in [1.165, 1.54) is 23.1 Å². The molecule has 7 heteroatoms. The topological polar surface area (TPSA) is 76.1 Å². The summed E-state index contributed by atoms with van der Waals surface area (Å²) in [7, 11) is 0. The summed E-state index contributed by atoms with van der Waals surface area (Å²) in [6.07, 6.45) is 0. The first kappa shape index (κ1) is 23.6. The van der Waals surface area contributed by atoms with Crippen LogP contribution in [0.1, 0.15) is 49.1 Å². The number of hydrogen-bond donors (Lipinski definition) is 1. The maximum Gasteiger partial charge on any atom is 0.300 e. The molecule has 2 aliphatic heterocycles. The molecule has 0 aliphatic carbocycles. The molecule has 2 heterocycles. The van der Waals surface area contributed by atoms with Gasteiger partial charge in [-0.25, -0.2) is 4.39 Å². The highest BCUT2D eigenvalue weighted by atomic mass is 19.1. The molecule has 1 N–H and O–H groups in total. The molecule has 0 bridgehead atoms. The third-order valence-electron chi connectivity index (χ3n) is 6.60. The molecule has 184 valence electrons. The molecule has 6 nitrogen and oxygen atoms in total. The van der Waals surface area contributed by atoms with E-state index in [0.717, 1.165) is 5.56 Å². The van der Waals surface area contributed by atoms with E-state index in [-0.39, 0.29) is 29.1 Å². The zero-order valence-corrected chi connectivity index (χ0v) is 20.5. The largest absolute Gasteiger partial charge is 0.507 e. The molecule has 0 saturated carbocycles. The van der Waals surface area contributed by atoms with Gasteiger partial charge in [0.1, 0.15) is 11.6 Å². The Balaban J connectivity index is 1.70. The molecule has 1 saturated heterocycles. The van der Waals surface area contributed by atoms with Crippen LogP contribution in [0.2, 0.25) is 0 Å². The zero-order valence-electron chi connectivity index (χ0n) is 20.5. The molecule has 1 amide bonds. The Bertz CT molecular complexity index is 1420. The summed E-state index contributed by atoms with van der Waals surface area (Å²) in [5.41, 5.74) is 2.58. The van der Waals surface area contributed by atoms with Gasteiger partial charge in [-0.1, -0.05) is 45.0 Å². The minimum absolute atomic E-state index is 0.0628. The van der Waals surface area contributed by atoms with E-state index in [2.05, 4.69) is 20.8 Å². The number of ether oxygens (including phenoxy) is 2. The number of benzene rings is 3. The number of rotatable bonds is 3. The second-order valence-corrected chi connectivity index (χ2v) is 10.0. The summed E-state index contributed by atoms with van der Waals surface area (Å²) in [6.45, 7) is 7.92. The fourth-order valence-electron chi connectivity index (χ4n) is 4.56. The van der Waals surface area contributed by atoms with Crippen LogP contribution in [0, 0.1) is 12.7 Å². The average molecular weight is 488 g/mol. The molecule has 5 rings (SSSR count). The number of carbonyl (C=O) groups excluding carboxylic acids is 2. The Labute approximate surface area is 208 Å². The lowest BCUT2D eigenvalue weighted by atomic mass is 9.85. The summed E-state index contributed by atoms with van der Waals surface area (Å²) < 4.78 is 24.8. The van der Waals surface area contributed by atoms with Gasteiger partial charge in [-0.05, 0) is 59.4 Å². The molecular formula is C29H26FNO5. The van der Waals surface area contributed by atoms with Crippen molar-refractivity contribution < 1.29 is 28.6 Å². The van der Waals surface area contributed by atoms with Crippen LogP contribution >= 0.6 is 0 Å². The Morgan fingerprint density at radius 3 is 2.33 bits per heavy atom. The quantitative estimate of drug-likeness (QED) is 0.288. The number of anilines is 1. The van der Waals surface area contributed by atoms with Crippen LogP contribution in [0.5, 0.6) is 11.5 Å². The van der Waals surface area contributed by atoms with E-state index in [9.17, 15) is 19.1 Å². The van der Waals surface area contributed by atoms with Crippen molar-refractivity contribution in [3.8, 4) is 11.5 Å². The minimum atomic E-state index is -0.898. The third-order valence-corrected chi connectivity index (χ3v) is 6.60. The van der Waals surface area contributed by atoms with Crippen LogP contribution in [0.25, 0.3) is 5.76 Å². The van der Waals surface area contributed by atoms with Gasteiger partial charge in [0, 0.05) is 17.3 Å². The number of amides is 1. The average Bonchev–Trinajstić information content (AvgIpc) is 3.42. The fraction of sp³-hybridized carbons (Fsp3) is 0.241. The van der Waals surface area contributed by atoms with Crippen LogP contribution in [-0.2, 0) is 15.0 Å². The molecule has 0 aromatic heterocycles. The van der Waals surface area contributed by atoms with Gasteiger partial charge >= 0.3 is 0 Å². The lowest BCUT2D eigenvalue weighted by molar-refractivity contribution is -0.132. The number of aliphatic hydroxyl groups excluding tert-OH is 1. The first-order valence-corrected chi connectivity index (χ1v) is 11.6. The standard InChI is InChI=1S/C29H26FNO5/c1-16-13-18(7-11-21(16)30)26(32)24-25(17-5-8-19(9-6-17)29(2,3)4)31(28(34)27(24)33)20-10-12-22-23(14-20)36-15-35-22/h5-14,25,32H,15H2,1-4H3/b26-24+. The Kier molecular flexibility index (Phi) is 5.58. The van der Waals surface area contributed by atoms with Crippen LogP contribution in [-0.4, -0.2) is 23.6 Å². The monoisotopic (exact) mass is 487 g/mol. The second kappa shape index (κ2) is 8.52. The summed E-state index contributed by atoms with van der Waals surface area (Å²) in [6, 6.07) is 15.8. The predicted octanol–water partition coefficient (Wildman–Crippen LogP) is 5.79. The zero-order chi connectivity index (χ0) is 25.8. The normalized spacial score (nSPS) is 18.7. The molecule has 1 atom stereocenters. The third kappa shape index (κ3) is 3.90. The van der Waals surface area contributed by atoms with Crippen molar-refractivity contribution >= 4 is 23.1 Å². The number of ketones is 1. The first-order valence-electron chi connectivity index (χ1n) is 11.6. The van der Waals surface area contributed by atoms with Crippen molar-refractivity contribution in [2.75, 3.05) is 11.7 Å². The maximum absolute atomic E-state index is 13.9. The van der Waals surface area contributed by atoms with Crippen LogP contribution < -0.4 is 14.4 Å². The van der Waals surface area contributed by atoms with Crippen molar-refractivity contribution in [1.29, 1.82) is 0 Å². The Morgan fingerprint density at radius 2 is 1.67 bits per heavy atom. The van der Waals surface area contributed by atoms with Crippen LogP contribution in [0.4, 0.5) is 10.1 Å². The van der Waals surface area contributed by atoms with Gasteiger partial charge in [0.05, 0.1) is 11.6 Å². The predicted molar refractivity (Wildman–Crippen MR) is 134 cm³/mol. The molecule has 3 aromatic carbocycles. The number of Topliss-reactive ketones (excluding diaryl/α,β-unsaturated/α-hetero) is 1. The Hall–Kier alpha value is -4.13.